The molecule has 7 heteroatoms. The number of methoxy groups -OCH3 is 2. The van der Waals surface area contributed by atoms with Crippen LogP contribution in [0.2, 0.25) is 0 Å². The van der Waals surface area contributed by atoms with Crippen LogP contribution in [0.4, 0.5) is 5.69 Å². The van der Waals surface area contributed by atoms with Gasteiger partial charge in [0.2, 0.25) is 0 Å². The van der Waals surface area contributed by atoms with E-state index in [0.717, 1.165) is 11.3 Å². The molecule has 3 atom stereocenters. The molecular weight excluding hydrogens is 430 g/mol. The van der Waals surface area contributed by atoms with Crippen LogP contribution in [0.5, 0.6) is 11.5 Å². The van der Waals surface area contributed by atoms with E-state index >= 15 is 0 Å². The van der Waals surface area contributed by atoms with Crippen molar-refractivity contribution < 1.29 is 19.0 Å². The van der Waals surface area contributed by atoms with Crippen molar-refractivity contribution in [3.8, 4) is 23.6 Å². The molecule has 174 valence electrons. The van der Waals surface area contributed by atoms with Crippen LogP contribution in [0.3, 0.4) is 0 Å². The lowest BCUT2D eigenvalue weighted by Crippen LogP contribution is -2.46. The smallest absolute Gasteiger partial charge is 0.330 e. The number of hydrogen-bond donors (Lipinski definition) is 0. The molecule has 2 aromatic carbocycles. The molecule has 0 aromatic heterocycles. The van der Waals surface area contributed by atoms with Gasteiger partial charge in [-0.2, -0.15) is 10.5 Å². The molecule has 2 aromatic rings. The molecule has 0 radical (unpaired) electrons. The average Bonchev–Trinajstić information content (AvgIpc) is 3.13. The highest BCUT2D eigenvalue weighted by atomic mass is 16.6. The third-order valence-corrected chi connectivity index (χ3v) is 6.33. The third-order valence-electron chi connectivity index (χ3n) is 6.33. The fraction of sp³-hybridized carbons (Fsp3) is 0.370. The number of para-hydroxylation sites is 1. The molecule has 1 fully saturated rings. The number of carbonyl (C=O) groups excluding carboxylic acids is 1. The number of fused-ring (bicyclic) bond motifs is 3. The lowest BCUT2D eigenvalue weighted by molar-refractivity contribution is -0.156. The van der Waals surface area contributed by atoms with Crippen molar-refractivity contribution in [2.45, 2.75) is 44.4 Å². The van der Waals surface area contributed by atoms with E-state index in [9.17, 15) is 15.3 Å². The summed E-state index contributed by atoms with van der Waals surface area (Å²) in [6.45, 7) is 5.40. The zero-order chi connectivity index (χ0) is 24.7. The van der Waals surface area contributed by atoms with Crippen LogP contribution < -0.4 is 14.4 Å². The van der Waals surface area contributed by atoms with Gasteiger partial charge in [0, 0.05) is 11.6 Å². The third kappa shape index (κ3) is 3.54. The molecule has 7 nitrogen and oxygen atoms in total. The van der Waals surface area contributed by atoms with Crippen molar-refractivity contribution in [3.05, 3.63) is 59.7 Å². The highest BCUT2D eigenvalue weighted by Gasteiger charge is 2.64. The van der Waals surface area contributed by atoms with Crippen molar-refractivity contribution in [1.82, 2.24) is 0 Å². The van der Waals surface area contributed by atoms with Gasteiger partial charge in [0.1, 0.15) is 11.6 Å². The van der Waals surface area contributed by atoms with Gasteiger partial charge in [-0.25, -0.2) is 4.79 Å². The first kappa shape index (κ1) is 23.2. The number of nitriles is 2. The minimum Gasteiger partial charge on any atom is -0.493 e. The normalized spacial score (nSPS) is 22.1. The van der Waals surface area contributed by atoms with Crippen LogP contribution in [0, 0.1) is 28.1 Å². The summed E-state index contributed by atoms with van der Waals surface area (Å²) in [5, 5.41) is 20.9. The molecule has 1 saturated heterocycles. The van der Waals surface area contributed by atoms with E-state index in [1.54, 1.807) is 39.0 Å². The van der Waals surface area contributed by atoms with Crippen LogP contribution in [0.1, 0.15) is 37.8 Å². The van der Waals surface area contributed by atoms with E-state index in [2.05, 4.69) is 12.1 Å². The molecule has 0 amide bonds. The second-order valence-electron chi connectivity index (χ2n) is 9.43. The molecular formula is C27H27N3O4. The van der Waals surface area contributed by atoms with Gasteiger partial charge in [-0.1, -0.05) is 36.4 Å². The van der Waals surface area contributed by atoms with Gasteiger partial charge in [0.05, 0.1) is 32.4 Å². The zero-order valence-electron chi connectivity index (χ0n) is 19.9. The van der Waals surface area contributed by atoms with Crippen LogP contribution in [-0.4, -0.2) is 37.9 Å². The lowest BCUT2D eigenvalue weighted by Gasteiger charge is -2.36. The summed E-state index contributed by atoms with van der Waals surface area (Å²) in [5.74, 6) is -0.332. The Kier molecular flexibility index (Phi) is 5.75. The number of rotatable bonds is 4. The van der Waals surface area contributed by atoms with Gasteiger partial charge in [0.15, 0.2) is 16.9 Å². The van der Waals surface area contributed by atoms with Crippen molar-refractivity contribution in [1.29, 1.82) is 10.5 Å². The SMILES string of the molecule is COc1ccc([C@@H]2[C@H](C(=O)OC(C)(C)C)N3c4ccccc4C=C[C@@H]3C2(C#N)C#N)cc1OC. The predicted octanol–water partition coefficient (Wildman–Crippen LogP) is 4.45. The maximum absolute atomic E-state index is 13.7. The summed E-state index contributed by atoms with van der Waals surface area (Å²) in [5.41, 5.74) is 0.0148. The zero-order valence-corrected chi connectivity index (χ0v) is 19.9. The Morgan fingerprint density at radius 3 is 2.32 bits per heavy atom. The van der Waals surface area contributed by atoms with Crippen LogP contribution in [0.25, 0.3) is 6.08 Å². The second kappa shape index (κ2) is 8.43. The molecule has 2 aliphatic rings. The van der Waals surface area contributed by atoms with E-state index in [-0.39, 0.29) is 0 Å². The number of hydrogen-bond acceptors (Lipinski definition) is 7. The minimum atomic E-state index is -1.55. The summed E-state index contributed by atoms with van der Waals surface area (Å²) in [6, 6.07) is 15.9. The molecule has 0 N–H and O–H groups in total. The van der Waals surface area contributed by atoms with Crippen molar-refractivity contribution >= 4 is 17.7 Å². The quantitative estimate of drug-likeness (QED) is 0.626. The summed E-state index contributed by atoms with van der Waals surface area (Å²) < 4.78 is 16.7. The van der Waals surface area contributed by atoms with E-state index in [1.807, 2.05) is 41.3 Å². The molecule has 0 aliphatic carbocycles. The fourth-order valence-corrected chi connectivity index (χ4v) is 4.99. The maximum Gasteiger partial charge on any atom is 0.330 e. The first-order valence-electron chi connectivity index (χ1n) is 11.0. The number of nitrogens with zero attached hydrogens (tertiary/aromatic N) is 3. The van der Waals surface area contributed by atoms with Crippen LogP contribution >= 0.6 is 0 Å². The number of benzene rings is 2. The fourth-order valence-electron chi connectivity index (χ4n) is 4.99. The standard InChI is InChI=1S/C27H27N3O4/c1-26(2,3)34-25(31)24-23(18-10-12-20(32-4)21(14-18)33-5)27(15-28,16-29)22-13-11-17-8-6-7-9-19(17)30(22)24/h6-14,22-24H,1-5H3/t22-,23-,24-/m1/s1. The Balaban J connectivity index is 1.99. The number of ether oxygens (including phenoxy) is 3. The second-order valence-corrected chi connectivity index (χ2v) is 9.43. The first-order valence-corrected chi connectivity index (χ1v) is 11.0. The van der Waals surface area contributed by atoms with E-state index in [0.29, 0.717) is 17.1 Å². The highest BCUT2D eigenvalue weighted by Crippen LogP contribution is 2.56. The largest absolute Gasteiger partial charge is 0.493 e. The maximum atomic E-state index is 13.7. The lowest BCUT2D eigenvalue weighted by atomic mass is 9.70. The van der Waals surface area contributed by atoms with Crippen molar-refractivity contribution in [2.24, 2.45) is 5.41 Å². The van der Waals surface area contributed by atoms with Gasteiger partial charge in [0.25, 0.3) is 0 Å². The van der Waals surface area contributed by atoms with Crippen LogP contribution in [0.15, 0.2) is 48.5 Å². The van der Waals surface area contributed by atoms with Gasteiger partial charge >= 0.3 is 5.97 Å². The molecule has 0 unspecified atom stereocenters. The number of carbonyl (C=O) groups is 1. The number of esters is 1. The predicted molar refractivity (Wildman–Crippen MR) is 127 cm³/mol. The molecule has 34 heavy (non-hydrogen) atoms. The monoisotopic (exact) mass is 457 g/mol. The topological polar surface area (TPSA) is 95.6 Å². The Labute approximate surface area is 199 Å². The van der Waals surface area contributed by atoms with Crippen LogP contribution in [-0.2, 0) is 9.53 Å². The van der Waals surface area contributed by atoms with Gasteiger partial charge < -0.3 is 19.1 Å². The Morgan fingerprint density at radius 1 is 1.03 bits per heavy atom. The van der Waals surface area contributed by atoms with E-state index in [1.165, 1.54) is 14.2 Å². The van der Waals surface area contributed by atoms with Gasteiger partial charge in [-0.05, 0) is 50.1 Å². The molecule has 2 heterocycles. The number of anilines is 1. The highest BCUT2D eigenvalue weighted by molar-refractivity contribution is 5.88. The Morgan fingerprint density at radius 2 is 1.71 bits per heavy atom. The van der Waals surface area contributed by atoms with Crippen molar-refractivity contribution in [2.75, 3.05) is 19.1 Å². The molecule has 0 spiro atoms. The van der Waals surface area contributed by atoms with Crippen molar-refractivity contribution in [3.63, 3.8) is 0 Å². The molecule has 0 bridgehead atoms. The summed E-state index contributed by atoms with van der Waals surface area (Å²) in [4.78, 5) is 15.6. The summed E-state index contributed by atoms with van der Waals surface area (Å²) in [7, 11) is 3.05. The minimum absolute atomic E-state index is 0.452. The molecule has 2 aliphatic heterocycles. The van der Waals surface area contributed by atoms with Gasteiger partial charge in [-0.15, -0.1) is 0 Å². The Bertz CT molecular complexity index is 1220. The first-order chi connectivity index (χ1) is 16.2. The van der Waals surface area contributed by atoms with E-state index in [4.69, 9.17) is 14.2 Å². The van der Waals surface area contributed by atoms with E-state index < -0.39 is 35.0 Å². The Hall–Kier alpha value is -3.97. The van der Waals surface area contributed by atoms with Gasteiger partial charge in [-0.3, -0.25) is 0 Å². The molecule has 0 saturated carbocycles. The summed E-state index contributed by atoms with van der Waals surface area (Å²) >= 11 is 0. The molecule has 4 rings (SSSR count). The average molecular weight is 458 g/mol. The summed E-state index contributed by atoms with van der Waals surface area (Å²) in [6.07, 6.45) is 3.75.